The van der Waals surface area contributed by atoms with E-state index in [1.165, 1.54) is 0 Å². The highest BCUT2D eigenvalue weighted by Gasteiger charge is 2.38. The minimum atomic E-state index is -4.32. The van der Waals surface area contributed by atoms with Gasteiger partial charge in [-0.1, -0.05) is 64.5 Å². The Morgan fingerprint density at radius 2 is 1.55 bits per heavy atom. The standard InChI is InChI=1S/C15H12BrF3O/c16-14(15(17,18)19)10-20-13-9-5-4-8-12(13)11-6-2-1-3-7-11/h1-9,14H,10H2. The third-order valence-corrected chi connectivity index (χ3v) is 3.50. The van der Waals surface area contributed by atoms with Gasteiger partial charge >= 0.3 is 6.18 Å². The molecule has 0 aliphatic rings. The van der Waals surface area contributed by atoms with E-state index in [4.69, 9.17) is 4.74 Å². The van der Waals surface area contributed by atoms with E-state index in [9.17, 15) is 13.2 Å². The average molecular weight is 345 g/mol. The Labute approximate surface area is 123 Å². The maximum atomic E-state index is 12.4. The van der Waals surface area contributed by atoms with Gasteiger partial charge in [0, 0.05) is 5.56 Å². The molecule has 0 spiro atoms. The highest BCUT2D eigenvalue weighted by Crippen LogP contribution is 2.32. The predicted molar refractivity (Wildman–Crippen MR) is 76.1 cm³/mol. The summed E-state index contributed by atoms with van der Waals surface area (Å²) in [5, 5.41) is 0. The SMILES string of the molecule is FC(F)(F)C(Br)COc1ccccc1-c1ccccc1. The van der Waals surface area contributed by atoms with Crippen molar-refractivity contribution in [3.8, 4) is 16.9 Å². The molecule has 2 rings (SSSR count). The van der Waals surface area contributed by atoms with E-state index in [1.54, 1.807) is 12.1 Å². The number of hydrogen-bond donors (Lipinski definition) is 0. The summed E-state index contributed by atoms with van der Waals surface area (Å²) in [5.74, 6) is 0.437. The third kappa shape index (κ3) is 3.76. The fourth-order valence-electron chi connectivity index (χ4n) is 1.71. The van der Waals surface area contributed by atoms with Crippen LogP contribution in [0.25, 0.3) is 11.1 Å². The number of benzene rings is 2. The Balaban J connectivity index is 2.17. The predicted octanol–water partition coefficient (Wildman–Crippen LogP) is 5.06. The summed E-state index contributed by atoms with van der Waals surface area (Å²) in [6.45, 7) is -0.465. The summed E-state index contributed by atoms with van der Waals surface area (Å²) < 4.78 is 42.7. The second kappa shape index (κ2) is 6.31. The fraction of sp³-hybridized carbons (Fsp3) is 0.200. The number of ether oxygens (including phenoxy) is 1. The Hall–Kier alpha value is -1.49. The van der Waals surface area contributed by atoms with Crippen LogP contribution in [0.15, 0.2) is 54.6 Å². The van der Waals surface area contributed by atoms with Gasteiger partial charge in [-0.15, -0.1) is 0 Å². The zero-order chi connectivity index (χ0) is 14.6. The van der Waals surface area contributed by atoms with E-state index in [0.29, 0.717) is 5.75 Å². The number of rotatable bonds is 4. The summed E-state index contributed by atoms with van der Waals surface area (Å²) in [7, 11) is 0. The first-order valence-electron chi connectivity index (χ1n) is 5.96. The van der Waals surface area contributed by atoms with Gasteiger partial charge in [-0.05, 0) is 11.6 Å². The van der Waals surface area contributed by atoms with Crippen LogP contribution in [0.1, 0.15) is 0 Å². The number of halogens is 4. The Morgan fingerprint density at radius 1 is 0.950 bits per heavy atom. The van der Waals surface area contributed by atoms with Crippen LogP contribution < -0.4 is 4.74 Å². The minimum Gasteiger partial charge on any atom is -0.491 e. The van der Waals surface area contributed by atoms with Crippen molar-refractivity contribution in [1.29, 1.82) is 0 Å². The van der Waals surface area contributed by atoms with Crippen molar-refractivity contribution in [2.24, 2.45) is 0 Å². The molecule has 0 amide bonds. The quantitative estimate of drug-likeness (QED) is 0.704. The first-order valence-corrected chi connectivity index (χ1v) is 6.88. The summed E-state index contributed by atoms with van der Waals surface area (Å²) in [6, 6.07) is 16.4. The van der Waals surface area contributed by atoms with Crippen LogP contribution in [0, 0.1) is 0 Å². The number of alkyl halides is 4. The molecule has 1 nitrogen and oxygen atoms in total. The van der Waals surface area contributed by atoms with Crippen molar-refractivity contribution < 1.29 is 17.9 Å². The molecular weight excluding hydrogens is 333 g/mol. The average Bonchev–Trinajstić information content (AvgIpc) is 2.45. The largest absolute Gasteiger partial charge is 0.491 e. The van der Waals surface area contributed by atoms with E-state index in [1.807, 2.05) is 42.5 Å². The van der Waals surface area contributed by atoms with Gasteiger partial charge in [-0.2, -0.15) is 13.2 Å². The maximum absolute atomic E-state index is 12.4. The molecule has 0 aromatic heterocycles. The van der Waals surface area contributed by atoms with Crippen LogP contribution in [-0.2, 0) is 0 Å². The Bertz CT molecular complexity index is 555. The molecule has 0 aliphatic carbocycles. The van der Waals surface area contributed by atoms with Gasteiger partial charge in [0.2, 0.25) is 0 Å². The Morgan fingerprint density at radius 3 is 2.20 bits per heavy atom. The van der Waals surface area contributed by atoms with Crippen molar-refractivity contribution in [2.45, 2.75) is 11.0 Å². The third-order valence-electron chi connectivity index (χ3n) is 2.71. The number of hydrogen-bond acceptors (Lipinski definition) is 1. The van der Waals surface area contributed by atoms with E-state index in [0.717, 1.165) is 11.1 Å². The molecule has 106 valence electrons. The molecule has 0 saturated heterocycles. The van der Waals surface area contributed by atoms with Crippen LogP contribution in [0.4, 0.5) is 13.2 Å². The van der Waals surface area contributed by atoms with E-state index in [2.05, 4.69) is 15.9 Å². The van der Waals surface area contributed by atoms with Crippen molar-refractivity contribution in [2.75, 3.05) is 6.61 Å². The minimum absolute atomic E-state index is 0.437. The summed E-state index contributed by atoms with van der Waals surface area (Å²) in [5.41, 5.74) is 1.68. The zero-order valence-electron chi connectivity index (χ0n) is 10.4. The van der Waals surface area contributed by atoms with Crippen LogP contribution in [-0.4, -0.2) is 17.6 Å². The second-order valence-electron chi connectivity index (χ2n) is 4.18. The van der Waals surface area contributed by atoms with Gasteiger partial charge in [-0.25, -0.2) is 0 Å². The molecule has 0 aliphatic heterocycles. The summed E-state index contributed by atoms with van der Waals surface area (Å²) >= 11 is 2.59. The smallest absolute Gasteiger partial charge is 0.404 e. The van der Waals surface area contributed by atoms with E-state index >= 15 is 0 Å². The van der Waals surface area contributed by atoms with Crippen molar-refractivity contribution in [1.82, 2.24) is 0 Å². The lowest BCUT2D eigenvalue weighted by molar-refractivity contribution is -0.132. The molecule has 0 fully saturated rings. The molecule has 0 radical (unpaired) electrons. The lowest BCUT2D eigenvalue weighted by atomic mass is 10.1. The monoisotopic (exact) mass is 344 g/mol. The van der Waals surface area contributed by atoms with Crippen molar-refractivity contribution >= 4 is 15.9 Å². The molecule has 5 heteroatoms. The maximum Gasteiger partial charge on any atom is 0.404 e. The van der Waals surface area contributed by atoms with Crippen molar-refractivity contribution in [3.05, 3.63) is 54.6 Å². The molecule has 0 N–H and O–H groups in total. The second-order valence-corrected chi connectivity index (χ2v) is 5.29. The molecule has 2 aromatic rings. The van der Waals surface area contributed by atoms with Gasteiger partial charge in [-0.3, -0.25) is 0 Å². The zero-order valence-corrected chi connectivity index (χ0v) is 12.0. The van der Waals surface area contributed by atoms with Crippen LogP contribution in [0.2, 0.25) is 0 Å². The molecular formula is C15H12BrF3O. The first kappa shape index (κ1) is 14.9. The van der Waals surface area contributed by atoms with Gasteiger partial charge in [0.25, 0.3) is 0 Å². The molecule has 1 unspecified atom stereocenters. The van der Waals surface area contributed by atoms with Crippen LogP contribution in [0.3, 0.4) is 0 Å². The summed E-state index contributed by atoms with van der Waals surface area (Å²) in [4.78, 5) is -1.68. The van der Waals surface area contributed by atoms with Gasteiger partial charge in [0.1, 0.15) is 17.2 Å². The highest BCUT2D eigenvalue weighted by molar-refractivity contribution is 9.09. The first-order chi connectivity index (χ1) is 9.48. The molecule has 0 bridgehead atoms. The van der Waals surface area contributed by atoms with Gasteiger partial charge in [0.15, 0.2) is 0 Å². The lowest BCUT2D eigenvalue weighted by Gasteiger charge is -2.16. The molecule has 0 saturated carbocycles. The van der Waals surface area contributed by atoms with Crippen LogP contribution in [0.5, 0.6) is 5.75 Å². The van der Waals surface area contributed by atoms with E-state index in [-0.39, 0.29) is 0 Å². The summed E-state index contributed by atoms with van der Waals surface area (Å²) in [6.07, 6.45) is -4.32. The van der Waals surface area contributed by atoms with Crippen molar-refractivity contribution in [3.63, 3.8) is 0 Å². The van der Waals surface area contributed by atoms with Gasteiger partial charge in [0.05, 0.1) is 0 Å². The van der Waals surface area contributed by atoms with Crippen LogP contribution >= 0.6 is 15.9 Å². The highest BCUT2D eigenvalue weighted by atomic mass is 79.9. The van der Waals surface area contributed by atoms with Gasteiger partial charge < -0.3 is 4.74 Å². The Kier molecular flexibility index (Phi) is 4.70. The molecule has 1 atom stereocenters. The normalized spacial score (nSPS) is 13.0. The molecule has 2 aromatic carbocycles. The number of para-hydroxylation sites is 1. The molecule has 0 heterocycles. The topological polar surface area (TPSA) is 9.23 Å². The fourth-order valence-corrected chi connectivity index (χ4v) is 1.84. The lowest BCUT2D eigenvalue weighted by Crippen LogP contribution is -2.28. The van der Waals surface area contributed by atoms with E-state index < -0.39 is 17.6 Å². The molecule has 20 heavy (non-hydrogen) atoms.